The molecule has 0 amide bonds. The van der Waals surface area contributed by atoms with Crippen molar-refractivity contribution in [2.24, 2.45) is 0 Å². The molecule has 5 unspecified atom stereocenters. The molecule has 3 aliphatic heterocycles. The number of rotatable bonds is 3. The lowest BCUT2D eigenvalue weighted by molar-refractivity contribution is -0.0490. The highest BCUT2D eigenvalue weighted by atomic mass is 32.7. The lowest BCUT2D eigenvalue weighted by atomic mass is 10.1. The second-order valence-electron chi connectivity index (χ2n) is 11.0. The van der Waals surface area contributed by atoms with Crippen LogP contribution in [0.15, 0.2) is 37.5 Å². The fraction of sp³-hybridized carbons (Fsp3) is 0.500. The van der Waals surface area contributed by atoms with Gasteiger partial charge in [-0.25, -0.2) is 35.0 Å². The molecule has 20 nitrogen and oxygen atoms in total. The standard InChI is InChI=1S/C24H30N12O8P2S2/c37-5-11-14-18(39)24(43-11)36-10-32-16-20(28-8-30-22(16)36)26-4-2-1-3-25-19-15-21(29-7-27-19)35(9-31-15)23-17(38)13(33-45(40)47)12(44-23)6-42-46(41,48)34-14/h1-2,7-14,17-18,23-24,37-39H,3-6H2,(H5-,25,26,27,28,29,30,33,34,40,41,47,48)/p+1/b2-1+/t11?,12?,13?,14-,17-,18-,23-,24-,46?/m1/s1. The van der Waals surface area contributed by atoms with Gasteiger partial charge in [0, 0.05) is 13.1 Å². The average Bonchev–Trinajstić information content (AvgIpc) is 3.82. The van der Waals surface area contributed by atoms with Gasteiger partial charge in [-0.2, -0.15) is 0 Å². The van der Waals surface area contributed by atoms with Crippen LogP contribution in [0, 0.1) is 0 Å². The topological polar surface area (TPSA) is 261 Å². The van der Waals surface area contributed by atoms with Crippen molar-refractivity contribution >= 4 is 71.8 Å². The molecule has 3 aliphatic rings. The van der Waals surface area contributed by atoms with Crippen molar-refractivity contribution in [1.82, 2.24) is 49.2 Å². The van der Waals surface area contributed by atoms with Gasteiger partial charge in [0.1, 0.15) is 55.4 Å². The molecular formula is C24H31N12O8P2S2+. The molecular weight excluding hydrogens is 710 g/mol. The fourth-order valence-electron chi connectivity index (χ4n) is 5.90. The molecule has 2 fully saturated rings. The van der Waals surface area contributed by atoms with Crippen LogP contribution in [0.2, 0.25) is 0 Å². The minimum absolute atomic E-state index is 0.355. The molecule has 0 saturated carbocycles. The van der Waals surface area contributed by atoms with Gasteiger partial charge in [0.15, 0.2) is 46.4 Å². The van der Waals surface area contributed by atoms with E-state index in [1.165, 1.54) is 34.4 Å². The molecule has 8 N–H and O–H groups in total. The van der Waals surface area contributed by atoms with Crippen LogP contribution in [0.3, 0.4) is 0 Å². The van der Waals surface area contributed by atoms with E-state index in [1.54, 1.807) is 0 Å². The summed E-state index contributed by atoms with van der Waals surface area (Å²) < 4.78 is 33.0. The van der Waals surface area contributed by atoms with Crippen LogP contribution in [0.25, 0.3) is 22.3 Å². The van der Waals surface area contributed by atoms with Crippen molar-refractivity contribution in [3.63, 3.8) is 0 Å². The van der Waals surface area contributed by atoms with Gasteiger partial charge >= 0.3 is 7.15 Å². The number of nitrogens with one attached hydrogen (secondary N) is 4. The third-order valence-electron chi connectivity index (χ3n) is 8.12. The summed E-state index contributed by atoms with van der Waals surface area (Å²) in [6.45, 7) is -4.04. The van der Waals surface area contributed by atoms with E-state index in [0.29, 0.717) is 47.1 Å². The lowest BCUT2D eigenvalue weighted by Crippen LogP contribution is -2.45. The first kappa shape index (κ1) is 33.7. The summed E-state index contributed by atoms with van der Waals surface area (Å²) in [5, 5.41) is 44.6. The normalized spacial score (nSPS) is 33.8. The molecule has 10 atom stereocenters. The third-order valence-corrected chi connectivity index (χ3v) is 10.7. The zero-order valence-electron chi connectivity index (χ0n) is 24.7. The van der Waals surface area contributed by atoms with Gasteiger partial charge in [0.25, 0.3) is 6.64 Å². The molecule has 0 aliphatic carbocycles. The van der Waals surface area contributed by atoms with Crippen LogP contribution >= 0.6 is 26.0 Å². The molecule has 4 aromatic rings. The smallest absolute Gasteiger partial charge is 0.394 e. The Morgan fingerprint density at radius 1 is 0.958 bits per heavy atom. The summed E-state index contributed by atoms with van der Waals surface area (Å²) >= 11 is 9.33. The number of ether oxygens (including phenoxy) is 2. The molecule has 12 bridgehead atoms. The number of nitrogens with zero attached hydrogens (tertiary/aromatic N) is 8. The van der Waals surface area contributed by atoms with Crippen LogP contribution in [0.4, 0.5) is 11.6 Å². The zero-order chi connectivity index (χ0) is 33.6. The first-order valence-electron chi connectivity index (χ1n) is 14.6. The maximum atomic E-state index is 12.1. The molecule has 0 spiro atoms. The van der Waals surface area contributed by atoms with E-state index in [4.69, 9.17) is 25.8 Å². The molecule has 0 radical (unpaired) electrons. The molecule has 7 heterocycles. The number of aromatic nitrogens is 8. The predicted molar refractivity (Wildman–Crippen MR) is 177 cm³/mol. The van der Waals surface area contributed by atoms with Gasteiger partial charge in [-0.1, -0.05) is 17.2 Å². The monoisotopic (exact) mass is 741 g/mol. The van der Waals surface area contributed by atoms with Crippen molar-refractivity contribution in [2.45, 2.75) is 49.0 Å². The second kappa shape index (κ2) is 13.8. The summed E-state index contributed by atoms with van der Waals surface area (Å²) in [4.78, 5) is 37.3. The fourth-order valence-corrected chi connectivity index (χ4v) is 8.54. The number of aliphatic hydroxyl groups is 3. The van der Waals surface area contributed by atoms with Crippen LogP contribution in [0.1, 0.15) is 12.5 Å². The zero-order valence-corrected chi connectivity index (χ0v) is 28.2. The maximum Gasteiger partial charge on any atom is 0.504 e. The largest absolute Gasteiger partial charge is 0.504 e. The lowest BCUT2D eigenvalue weighted by Gasteiger charge is -2.27. The number of aliphatic hydroxyl groups excluding tert-OH is 3. The predicted octanol–water partition coefficient (Wildman–Crippen LogP) is -0.694. The van der Waals surface area contributed by atoms with Gasteiger partial charge in [-0.3, -0.25) is 9.13 Å². The molecule has 48 heavy (non-hydrogen) atoms. The van der Waals surface area contributed by atoms with Crippen LogP contribution in [-0.4, -0.2) is 122 Å². The van der Waals surface area contributed by atoms with E-state index in [2.05, 4.69) is 63.0 Å². The molecule has 24 heteroatoms. The van der Waals surface area contributed by atoms with Gasteiger partial charge in [-0.15, -0.1) is 0 Å². The van der Waals surface area contributed by atoms with Crippen LogP contribution in [0.5, 0.6) is 0 Å². The quantitative estimate of drug-likeness (QED) is 0.0715. The van der Waals surface area contributed by atoms with Gasteiger partial charge in [0.05, 0.1) is 31.9 Å². The maximum absolute atomic E-state index is 12.1. The Hall–Kier alpha value is -2.82. The Kier molecular flexibility index (Phi) is 9.70. The number of fused-ring (bicyclic) bond motifs is 6. The Bertz CT molecular complexity index is 1900. The van der Waals surface area contributed by atoms with E-state index >= 15 is 0 Å². The average molecular weight is 742 g/mol. The van der Waals surface area contributed by atoms with Gasteiger partial charge in [0.2, 0.25) is 0 Å². The Morgan fingerprint density at radius 3 is 2.10 bits per heavy atom. The summed E-state index contributed by atoms with van der Waals surface area (Å²) in [5.41, 5.74) is 1.55. The number of hydrogen-bond acceptors (Lipinski definition) is 16. The van der Waals surface area contributed by atoms with E-state index in [1.807, 2.05) is 12.2 Å². The first-order valence-corrected chi connectivity index (χ1v) is 19.7. The Morgan fingerprint density at radius 2 is 1.54 bits per heavy atom. The molecule has 256 valence electrons. The number of anilines is 2. The Balaban J connectivity index is 1.23. The second-order valence-corrected chi connectivity index (χ2v) is 16.0. The summed E-state index contributed by atoms with van der Waals surface area (Å²) in [6.07, 6.45) is 2.55. The minimum atomic E-state index is -3.92. The SMILES string of the molecule is O=[P+](S)NC1C2COP(O)(=S)N[C@@H]3C(CO)O[C@H]([C@@H]3O)n3cnc4c(ncnc43)NC/C=C/CNc3ncnc4c3ncn4[C@H](O2)[C@@H]1O. The van der Waals surface area contributed by atoms with E-state index < -0.39 is 69.4 Å². The summed E-state index contributed by atoms with van der Waals surface area (Å²) in [7, 11) is -2.25. The molecule has 7 rings (SSSR count). The molecule has 2 saturated heterocycles. The van der Waals surface area contributed by atoms with E-state index in [-0.39, 0.29) is 6.61 Å². The third kappa shape index (κ3) is 6.44. The highest BCUT2D eigenvalue weighted by molar-refractivity contribution is 8.40. The molecule has 0 aromatic carbocycles. The van der Waals surface area contributed by atoms with Crippen LogP contribution in [-0.2, 0) is 30.4 Å². The number of hydrogen-bond donors (Lipinski definition) is 9. The highest BCUT2D eigenvalue weighted by Crippen LogP contribution is 2.44. The minimum Gasteiger partial charge on any atom is -0.394 e. The van der Waals surface area contributed by atoms with E-state index in [0.717, 1.165) is 0 Å². The van der Waals surface area contributed by atoms with Gasteiger partial charge in [-0.05, 0) is 16.4 Å². The van der Waals surface area contributed by atoms with Gasteiger partial charge < -0.3 is 44.8 Å². The number of thiol groups is 1. The summed E-state index contributed by atoms with van der Waals surface area (Å²) in [6, 6.07) is -2.06. The van der Waals surface area contributed by atoms with Crippen molar-refractivity contribution in [3.05, 3.63) is 37.5 Å². The Labute approximate surface area is 282 Å². The van der Waals surface area contributed by atoms with Crippen molar-refractivity contribution in [1.29, 1.82) is 0 Å². The highest BCUT2D eigenvalue weighted by Gasteiger charge is 2.50. The van der Waals surface area contributed by atoms with Crippen molar-refractivity contribution in [2.75, 3.05) is 36.9 Å². The first-order chi connectivity index (χ1) is 23.1. The van der Waals surface area contributed by atoms with E-state index in [9.17, 15) is 24.8 Å². The number of imidazole rings is 2. The van der Waals surface area contributed by atoms with Crippen molar-refractivity contribution in [3.8, 4) is 0 Å². The summed E-state index contributed by atoms with van der Waals surface area (Å²) in [5.74, 6) is 0.893. The molecule has 4 aromatic heterocycles. The van der Waals surface area contributed by atoms with Crippen LogP contribution < -0.4 is 20.8 Å². The van der Waals surface area contributed by atoms with Crippen molar-refractivity contribution < 1.29 is 38.8 Å².